The van der Waals surface area contributed by atoms with Gasteiger partial charge in [-0.15, -0.1) is 12.4 Å². The molecular formula is C25H22ClN3. The van der Waals surface area contributed by atoms with Crippen molar-refractivity contribution in [3.05, 3.63) is 114 Å². The lowest BCUT2D eigenvalue weighted by atomic mass is 10.0. The lowest BCUT2D eigenvalue weighted by molar-refractivity contribution is 0.668. The van der Waals surface area contributed by atoms with Gasteiger partial charge in [0.1, 0.15) is 0 Å². The van der Waals surface area contributed by atoms with E-state index in [0.717, 1.165) is 19.4 Å². The van der Waals surface area contributed by atoms with Crippen LogP contribution in [0.25, 0.3) is 11.1 Å². The van der Waals surface area contributed by atoms with Crippen molar-refractivity contribution in [2.75, 3.05) is 0 Å². The zero-order chi connectivity index (χ0) is 19.2. The maximum atomic E-state index is 8.93. The number of nitriles is 1. The molecule has 0 aliphatic carbocycles. The van der Waals surface area contributed by atoms with Crippen LogP contribution in [0.1, 0.15) is 22.4 Å². The van der Waals surface area contributed by atoms with E-state index in [0.29, 0.717) is 5.56 Å². The monoisotopic (exact) mass is 399 g/mol. The van der Waals surface area contributed by atoms with Crippen molar-refractivity contribution in [3.8, 4) is 17.2 Å². The van der Waals surface area contributed by atoms with Crippen molar-refractivity contribution in [2.45, 2.75) is 19.4 Å². The molecule has 0 fully saturated rings. The third kappa shape index (κ3) is 5.13. The van der Waals surface area contributed by atoms with Crippen LogP contribution in [-0.4, -0.2) is 9.55 Å². The second kappa shape index (κ2) is 9.73. The number of hydrogen-bond acceptors (Lipinski definition) is 2. The SMILES string of the molecule is Cl.N#Cc1ccc(Cc2cncn2CCc2ccc(-c3ccccc3)cc2)cc1. The first-order chi connectivity index (χ1) is 13.8. The fourth-order valence-corrected chi connectivity index (χ4v) is 3.35. The molecule has 3 aromatic carbocycles. The summed E-state index contributed by atoms with van der Waals surface area (Å²) in [5.74, 6) is 0. The molecule has 29 heavy (non-hydrogen) atoms. The Morgan fingerprint density at radius 2 is 1.45 bits per heavy atom. The number of nitrogens with zero attached hydrogens (tertiary/aromatic N) is 3. The van der Waals surface area contributed by atoms with E-state index in [9.17, 15) is 0 Å². The lowest BCUT2D eigenvalue weighted by Crippen LogP contribution is -2.05. The Balaban J connectivity index is 0.00000240. The van der Waals surface area contributed by atoms with Crippen molar-refractivity contribution in [3.63, 3.8) is 0 Å². The summed E-state index contributed by atoms with van der Waals surface area (Å²) in [5.41, 5.74) is 6.87. The van der Waals surface area contributed by atoms with Gasteiger partial charge in [0.2, 0.25) is 0 Å². The summed E-state index contributed by atoms with van der Waals surface area (Å²) in [6, 6.07) is 29.2. The van der Waals surface area contributed by atoms with E-state index in [2.05, 4.69) is 64.2 Å². The van der Waals surface area contributed by atoms with Gasteiger partial charge in [-0.2, -0.15) is 5.26 Å². The highest BCUT2D eigenvalue weighted by Crippen LogP contribution is 2.20. The van der Waals surface area contributed by atoms with Crippen molar-refractivity contribution in [2.24, 2.45) is 0 Å². The van der Waals surface area contributed by atoms with E-state index in [1.807, 2.05) is 42.9 Å². The number of aryl methyl sites for hydroxylation is 2. The molecule has 3 nitrogen and oxygen atoms in total. The molecule has 0 N–H and O–H groups in total. The van der Waals surface area contributed by atoms with Crippen LogP contribution in [0.2, 0.25) is 0 Å². The Hall–Kier alpha value is -3.35. The number of imidazole rings is 1. The number of halogens is 1. The largest absolute Gasteiger partial charge is 0.334 e. The van der Waals surface area contributed by atoms with Crippen LogP contribution >= 0.6 is 12.4 Å². The number of hydrogen-bond donors (Lipinski definition) is 0. The minimum atomic E-state index is 0. The van der Waals surface area contributed by atoms with Gasteiger partial charge in [0, 0.05) is 24.9 Å². The fraction of sp³-hybridized carbons (Fsp3) is 0.120. The smallest absolute Gasteiger partial charge is 0.0991 e. The predicted molar refractivity (Wildman–Crippen MR) is 119 cm³/mol. The molecule has 0 saturated carbocycles. The molecule has 1 aromatic heterocycles. The van der Waals surface area contributed by atoms with Gasteiger partial charge in [-0.3, -0.25) is 0 Å². The summed E-state index contributed by atoms with van der Waals surface area (Å²) in [5, 5.41) is 8.93. The number of aromatic nitrogens is 2. The summed E-state index contributed by atoms with van der Waals surface area (Å²) in [6.07, 6.45) is 5.61. The molecular weight excluding hydrogens is 378 g/mol. The molecule has 0 bridgehead atoms. The highest BCUT2D eigenvalue weighted by atomic mass is 35.5. The molecule has 1 heterocycles. The Morgan fingerprint density at radius 1 is 0.793 bits per heavy atom. The quantitative estimate of drug-likeness (QED) is 0.418. The molecule has 0 radical (unpaired) electrons. The summed E-state index contributed by atoms with van der Waals surface area (Å²) >= 11 is 0. The van der Waals surface area contributed by atoms with E-state index in [-0.39, 0.29) is 12.4 Å². The van der Waals surface area contributed by atoms with Crippen LogP contribution in [0.3, 0.4) is 0 Å². The van der Waals surface area contributed by atoms with E-state index >= 15 is 0 Å². The molecule has 4 heteroatoms. The number of benzene rings is 3. The molecule has 0 aliphatic rings. The van der Waals surface area contributed by atoms with Gasteiger partial charge in [0.15, 0.2) is 0 Å². The highest BCUT2D eigenvalue weighted by molar-refractivity contribution is 5.85. The van der Waals surface area contributed by atoms with Gasteiger partial charge in [0.05, 0.1) is 18.0 Å². The molecule has 0 unspecified atom stereocenters. The molecule has 4 aromatic rings. The molecule has 0 amide bonds. The van der Waals surface area contributed by atoms with Crippen molar-refractivity contribution >= 4 is 12.4 Å². The van der Waals surface area contributed by atoms with Crippen LogP contribution < -0.4 is 0 Å². The summed E-state index contributed by atoms with van der Waals surface area (Å²) in [6.45, 7) is 0.899. The average molecular weight is 400 g/mol. The third-order valence-corrected chi connectivity index (χ3v) is 4.97. The van der Waals surface area contributed by atoms with Gasteiger partial charge in [-0.1, -0.05) is 66.7 Å². The van der Waals surface area contributed by atoms with Crippen molar-refractivity contribution in [1.82, 2.24) is 9.55 Å². The molecule has 0 saturated heterocycles. The predicted octanol–water partition coefficient (Wildman–Crippen LogP) is 5.68. The Labute approximate surface area is 177 Å². The van der Waals surface area contributed by atoms with Gasteiger partial charge < -0.3 is 4.57 Å². The van der Waals surface area contributed by atoms with E-state index in [1.165, 1.54) is 27.9 Å². The topological polar surface area (TPSA) is 41.6 Å². The van der Waals surface area contributed by atoms with E-state index in [4.69, 9.17) is 5.26 Å². The van der Waals surface area contributed by atoms with E-state index in [1.54, 1.807) is 0 Å². The Kier molecular flexibility index (Phi) is 6.84. The number of rotatable bonds is 6. The minimum absolute atomic E-state index is 0. The van der Waals surface area contributed by atoms with Crippen LogP contribution in [0.4, 0.5) is 0 Å². The normalized spacial score (nSPS) is 10.2. The first-order valence-corrected chi connectivity index (χ1v) is 9.44. The molecule has 144 valence electrons. The molecule has 0 atom stereocenters. The highest BCUT2D eigenvalue weighted by Gasteiger charge is 2.05. The Bertz CT molecular complexity index is 1080. The summed E-state index contributed by atoms with van der Waals surface area (Å²) < 4.78 is 2.21. The standard InChI is InChI=1S/C25H21N3.ClH/c26-17-22-8-6-21(7-9-22)16-25-18-27-19-28(25)15-14-20-10-12-24(13-11-20)23-4-2-1-3-5-23;/h1-13,18-19H,14-16H2;1H. The second-order valence-electron chi connectivity index (χ2n) is 6.88. The average Bonchev–Trinajstić information content (AvgIpc) is 3.21. The molecule has 4 rings (SSSR count). The third-order valence-electron chi connectivity index (χ3n) is 4.97. The van der Waals surface area contributed by atoms with Crippen LogP contribution in [0.15, 0.2) is 91.4 Å². The van der Waals surface area contributed by atoms with Crippen molar-refractivity contribution in [1.29, 1.82) is 5.26 Å². The van der Waals surface area contributed by atoms with E-state index < -0.39 is 0 Å². The second-order valence-corrected chi connectivity index (χ2v) is 6.88. The van der Waals surface area contributed by atoms with Crippen molar-refractivity contribution < 1.29 is 0 Å². The minimum Gasteiger partial charge on any atom is -0.334 e. The van der Waals surface area contributed by atoms with Gasteiger partial charge in [-0.05, 0) is 40.8 Å². The molecule has 0 spiro atoms. The fourth-order valence-electron chi connectivity index (χ4n) is 3.35. The van der Waals surface area contributed by atoms with Crippen LogP contribution in [0, 0.1) is 11.3 Å². The van der Waals surface area contributed by atoms with Gasteiger partial charge in [0.25, 0.3) is 0 Å². The summed E-state index contributed by atoms with van der Waals surface area (Å²) in [4.78, 5) is 4.33. The maximum absolute atomic E-state index is 8.93. The Morgan fingerprint density at radius 3 is 2.14 bits per heavy atom. The zero-order valence-electron chi connectivity index (χ0n) is 16.0. The summed E-state index contributed by atoms with van der Waals surface area (Å²) in [7, 11) is 0. The van der Waals surface area contributed by atoms with Crippen LogP contribution in [-0.2, 0) is 19.4 Å². The first-order valence-electron chi connectivity index (χ1n) is 9.44. The maximum Gasteiger partial charge on any atom is 0.0991 e. The lowest BCUT2D eigenvalue weighted by Gasteiger charge is -2.09. The zero-order valence-corrected chi connectivity index (χ0v) is 16.8. The molecule has 0 aliphatic heterocycles. The first kappa shape index (κ1) is 20.4. The van der Waals surface area contributed by atoms with Crippen LogP contribution in [0.5, 0.6) is 0 Å². The van der Waals surface area contributed by atoms with Gasteiger partial charge in [-0.25, -0.2) is 4.98 Å². The van der Waals surface area contributed by atoms with Gasteiger partial charge >= 0.3 is 0 Å².